The summed E-state index contributed by atoms with van der Waals surface area (Å²) in [6.07, 6.45) is 3.31. The van der Waals surface area contributed by atoms with Crippen molar-refractivity contribution in [3.05, 3.63) is 41.1 Å². The lowest BCUT2D eigenvalue weighted by Gasteiger charge is -2.15. The normalized spacial score (nSPS) is 19.9. The van der Waals surface area contributed by atoms with Gasteiger partial charge in [-0.05, 0) is 25.0 Å². The quantitative estimate of drug-likeness (QED) is 0.767. The summed E-state index contributed by atoms with van der Waals surface area (Å²) >= 11 is 0. The molecule has 2 aliphatic heterocycles. The minimum absolute atomic E-state index is 0.0276. The van der Waals surface area contributed by atoms with E-state index < -0.39 is 11.8 Å². The summed E-state index contributed by atoms with van der Waals surface area (Å²) in [5.41, 5.74) is 2.34. The fourth-order valence-electron chi connectivity index (χ4n) is 3.21. The molecule has 4 rings (SSSR count). The molecule has 2 heterocycles. The van der Waals surface area contributed by atoms with Gasteiger partial charge in [0.2, 0.25) is 0 Å². The third kappa shape index (κ3) is 2.28. The Labute approximate surface area is 138 Å². The van der Waals surface area contributed by atoms with Gasteiger partial charge in [0.1, 0.15) is 5.70 Å². The molecule has 0 radical (unpaired) electrons. The number of nitrogens with one attached hydrogen (secondary N) is 1. The summed E-state index contributed by atoms with van der Waals surface area (Å²) in [7, 11) is 0. The van der Waals surface area contributed by atoms with E-state index in [1.54, 1.807) is 18.2 Å². The molecule has 1 aromatic carbocycles. The molecule has 124 valence electrons. The number of rotatable bonds is 5. The van der Waals surface area contributed by atoms with Gasteiger partial charge in [-0.25, -0.2) is 0 Å². The average Bonchev–Trinajstić information content (AvgIpc) is 3.31. The number of amides is 3. The Kier molecular flexibility index (Phi) is 3.38. The number of benzene rings is 1. The zero-order chi connectivity index (χ0) is 16.8. The van der Waals surface area contributed by atoms with E-state index in [9.17, 15) is 14.4 Å². The van der Waals surface area contributed by atoms with E-state index >= 15 is 0 Å². The molecule has 0 atom stereocenters. The number of nitrogens with zero attached hydrogens (tertiary/aromatic N) is 2. The Bertz CT molecular complexity index is 782. The molecular weight excluding hydrogens is 310 g/mol. The highest BCUT2D eigenvalue weighted by atomic mass is 16.3. The van der Waals surface area contributed by atoms with Crippen LogP contribution >= 0.6 is 0 Å². The van der Waals surface area contributed by atoms with Crippen molar-refractivity contribution in [2.24, 2.45) is 0 Å². The van der Waals surface area contributed by atoms with Crippen LogP contribution in [0.4, 0.5) is 5.69 Å². The summed E-state index contributed by atoms with van der Waals surface area (Å²) in [6, 6.07) is 5.68. The summed E-state index contributed by atoms with van der Waals surface area (Å²) in [4.78, 5) is 39.4. The van der Waals surface area contributed by atoms with E-state index in [4.69, 9.17) is 5.11 Å². The first-order valence-electron chi connectivity index (χ1n) is 7.98. The Hall–Kier alpha value is -2.67. The fraction of sp³-hybridized carbons (Fsp3) is 0.353. The number of carbonyl (C=O) groups excluding carboxylic acids is 3. The largest absolute Gasteiger partial charge is 0.395 e. The van der Waals surface area contributed by atoms with Crippen LogP contribution in [0.25, 0.3) is 0 Å². The zero-order valence-electron chi connectivity index (χ0n) is 13.0. The van der Waals surface area contributed by atoms with Gasteiger partial charge in [-0.3, -0.25) is 19.3 Å². The lowest BCUT2D eigenvalue weighted by Crippen LogP contribution is -2.34. The predicted octanol–water partition coefficient (Wildman–Crippen LogP) is 0.462. The van der Waals surface area contributed by atoms with Crippen molar-refractivity contribution in [2.45, 2.75) is 25.4 Å². The summed E-state index contributed by atoms with van der Waals surface area (Å²) in [6.45, 7) is 0.224. The summed E-state index contributed by atoms with van der Waals surface area (Å²) < 4.78 is 0. The van der Waals surface area contributed by atoms with Crippen LogP contribution in [-0.4, -0.2) is 51.8 Å². The van der Waals surface area contributed by atoms with Crippen LogP contribution in [0.2, 0.25) is 0 Å². The topological polar surface area (TPSA) is 90.0 Å². The molecule has 0 bridgehead atoms. The van der Waals surface area contributed by atoms with Gasteiger partial charge in [0.25, 0.3) is 17.7 Å². The van der Waals surface area contributed by atoms with Gasteiger partial charge in [-0.15, -0.1) is 0 Å². The maximum atomic E-state index is 12.4. The molecule has 1 aliphatic carbocycles. The summed E-state index contributed by atoms with van der Waals surface area (Å²) in [5.74, 6) is -0.879. The van der Waals surface area contributed by atoms with E-state index in [2.05, 4.69) is 5.32 Å². The third-order valence-electron chi connectivity index (χ3n) is 4.59. The highest BCUT2D eigenvalue weighted by Gasteiger charge is 2.39. The van der Waals surface area contributed by atoms with Crippen molar-refractivity contribution in [3.8, 4) is 0 Å². The standard InChI is InChI=1S/C17H17N3O4/c21-7-6-19-15(22)8-14(17(19)24)18-13-3-1-2-11-12(13)9-20(16(11)23)10-4-5-10/h1-3,8,10,18,21H,4-7,9H2. The van der Waals surface area contributed by atoms with Crippen molar-refractivity contribution in [1.82, 2.24) is 9.80 Å². The number of fused-ring (bicyclic) bond motifs is 1. The second kappa shape index (κ2) is 5.45. The molecule has 1 aromatic rings. The number of imide groups is 1. The van der Waals surface area contributed by atoms with E-state index in [0.717, 1.165) is 23.3 Å². The van der Waals surface area contributed by atoms with Gasteiger partial charge in [0.05, 0.1) is 13.2 Å². The molecule has 7 nitrogen and oxygen atoms in total. The highest BCUT2D eigenvalue weighted by Crippen LogP contribution is 2.37. The van der Waals surface area contributed by atoms with Crippen LogP contribution in [0.15, 0.2) is 30.0 Å². The smallest absolute Gasteiger partial charge is 0.277 e. The fourth-order valence-corrected chi connectivity index (χ4v) is 3.21. The lowest BCUT2D eigenvalue weighted by molar-refractivity contribution is -0.137. The molecular formula is C17H17N3O4. The molecule has 0 spiro atoms. The number of β-amino-alcohol motifs (C(OH)–C–C–N with tert-alkyl or cyclic N) is 1. The van der Waals surface area contributed by atoms with Crippen LogP contribution in [0, 0.1) is 0 Å². The van der Waals surface area contributed by atoms with Crippen LogP contribution in [0.5, 0.6) is 0 Å². The first-order valence-corrected chi connectivity index (χ1v) is 7.98. The molecule has 0 unspecified atom stereocenters. The van der Waals surface area contributed by atoms with Crippen LogP contribution < -0.4 is 5.32 Å². The van der Waals surface area contributed by atoms with Gasteiger partial charge in [-0.1, -0.05) is 6.07 Å². The van der Waals surface area contributed by atoms with Crippen molar-refractivity contribution >= 4 is 23.4 Å². The monoisotopic (exact) mass is 327 g/mol. The van der Waals surface area contributed by atoms with Crippen molar-refractivity contribution in [1.29, 1.82) is 0 Å². The molecule has 7 heteroatoms. The van der Waals surface area contributed by atoms with E-state index in [1.807, 2.05) is 4.90 Å². The summed E-state index contributed by atoms with van der Waals surface area (Å²) in [5, 5.41) is 11.9. The SMILES string of the molecule is O=C1C=C(Nc2cccc3c2CN(C2CC2)C3=O)C(=O)N1CCO. The van der Waals surface area contributed by atoms with Crippen molar-refractivity contribution < 1.29 is 19.5 Å². The van der Waals surface area contributed by atoms with Crippen LogP contribution in [-0.2, 0) is 16.1 Å². The number of aliphatic hydroxyl groups excluding tert-OH is 1. The Morgan fingerprint density at radius 3 is 2.67 bits per heavy atom. The highest BCUT2D eigenvalue weighted by molar-refractivity contribution is 6.17. The molecule has 3 aliphatic rings. The lowest BCUT2D eigenvalue weighted by atomic mass is 10.1. The molecule has 0 aromatic heterocycles. The van der Waals surface area contributed by atoms with E-state index in [1.165, 1.54) is 6.08 Å². The minimum Gasteiger partial charge on any atom is -0.395 e. The van der Waals surface area contributed by atoms with Crippen LogP contribution in [0.1, 0.15) is 28.8 Å². The Balaban J connectivity index is 1.59. The van der Waals surface area contributed by atoms with Gasteiger partial charge in [0.15, 0.2) is 0 Å². The number of hydrogen-bond donors (Lipinski definition) is 2. The minimum atomic E-state index is -0.463. The molecule has 24 heavy (non-hydrogen) atoms. The van der Waals surface area contributed by atoms with Crippen molar-refractivity contribution in [2.75, 3.05) is 18.5 Å². The number of anilines is 1. The maximum Gasteiger partial charge on any atom is 0.277 e. The predicted molar refractivity (Wildman–Crippen MR) is 84.8 cm³/mol. The molecule has 2 N–H and O–H groups in total. The number of aliphatic hydroxyl groups is 1. The van der Waals surface area contributed by atoms with Gasteiger partial charge < -0.3 is 15.3 Å². The van der Waals surface area contributed by atoms with Crippen LogP contribution in [0.3, 0.4) is 0 Å². The Morgan fingerprint density at radius 1 is 1.17 bits per heavy atom. The maximum absolute atomic E-state index is 12.4. The molecule has 1 fully saturated rings. The zero-order valence-corrected chi connectivity index (χ0v) is 13.0. The Morgan fingerprint density at radius 2 is 1.96 bits per heavy atom. The second-order valence-corrected chi connectivity index (χ2v) is 6.20. The van der Waals surface area contributed by atoms with E-state index in [0.29, 0.717) is 23.8 Å². The van der Waals surface area contributed by atoms with Gasteiger partial charge in [-0.2, -0.15) is 0 Å². The average molecular weight is 327 g/mol. The third-order valence-corrected chi connectivity index (χ3v) is 4.59. The van der Waals surface area contributed by atoms with Crippen molar-refractivity contribution in [3.63, 3.8) is 0 Å². The van der Waals surface area contributed by atoms with Gasteiger partial charge >= 0.3 is 0 Å². The first kappa shape index (κ1) is 14.9. The van der Waals surface area contributed by atoms with Gasteiger partial charge in [0, 0.05) is 35.5 Å². The second-order valence-electron chi connectivity index (χ2n) is 6.20. The number of hydrogen-bond acceptors (Lipinski definition) is 5. The van der Waals surface area contributed by atoms with E-state index in [-0.39, 0.29) is 24.8 Å². The molecule has 1 saturated carbocycles. The first-order chi connectivity index (χ1) is 11.6. The molecule has 0 saturated heterocycles. The number of carbonyl (C=O) groups is 3. The molecule has 3 amide bonds.